The summed E-state index contributed by atoms with van der Waals surface area (Å²) in [4.78, 5) is 21.8. The first-order valence-corrected chi connectivity index (χ1v) is 7.59. The molecule has 0 radical (unpaired) electrons. The Balaban J connectivity index is 2.11. The second-order valence-corrected chi connectivity index (χ2v) is 6.46. The van der Waals surface area contributed by atoms with Crippen molar-refractivity contribution in [3.63, 3.8) is 0 Å². The fourth-order valence-corrected chi connectivity index (χ4v) is 4.16. The molecule has 0 amide bonds. The van der Waals surface area contributed by atoms with Crippen LogP contribution in [0.25, 0.3) is 10.2 Å². The maximum atomic E-state index is 10.6. The molecule has 2 heterocycles. The smallest absolute Gasteiger partial charge is 0.139 e. The number of hydrogen-bond donors (Lipinski definition) is 1. The number of hydrogen-bond acceptors (Lipinski definition) is 6. The summed E-state index contributed by atoms with van der Waals surface area (Å²) < 4.78 is 0. The van der Waals surface area contributed by atoms with E-state index in [4.69, 9.17) is 0 Å². The third-order valence-electron chi connectivity index (χ3n) is 3.67. The zero-order valence-electron chi connectivity index (χ0n) is 11.5. The second kappa shape index (κ2) is 5.01. The van der Waals surface area contributed by atoms with Gasteiger partial charge in [0.2, 0.25) is 0 Å². The molecule has 1 aliphatic rings. The van der Waals surface area contributed by atoms with Crippen LogP contribution in [0.5, 0.6) is 0 Å². The molecule has 0 saturated carbocycles. The normalized spacial score (nSPS) is 18.0. The zero-order valence-corrected chi connectivity index (χ0v) is 12.3. The molecule has 1 aliphatic carbocycles. The number of rotatable bonds is 3. The highest BCUT2D eigenvalue weighted by molar-refractivity contribution is 7.19. The molecule has 0 aliphatic heterocycles. The van der Waals surface area contributed by atoms with Crippen LogP contribution in [0.1, 0.15) is 29.6 Å². The number of carboxylic acids is 1. The molecule has 0 bridgehead atoms. The van der Waals surface area contributed by atoms with Crippen LogP contribution in [0.3, 0.4) is 0 Å². The Morgan fingerprint density at radius 1 is 1.50 bits per heavy atom. The number of anilines is 1. The molecule has 0 unspecified atom stereocenters. The molecule has 3 rings (SSSR count). The third-order valence-corrected chi connectivity index (χ3v) is 4.82. The maximum absolute atomic E-state index is 10.6. The average molecular weight is 290 g/mol. The Morgan fingerprint density at radius 3 is 3.05 bits per heavy atom. The van der Waals surface area contributed by atoms with E-state index in [0.29, 0.717) is 17.6 Å². The van der Waals surface area contributed by atoms with E-state index < -0.39 is 5.97 Å². The zero-order chi connectivity index (χ0) is 14.3. The lowest BCUT2D eigenvalue weighted by molar-refractivity contribution is -0.302. The van der Waals surface area contributed by atoms with Gasteiger partial charge >= 0.3 is 0 Å². The van der Waals surface area contributed by atoms with Crippen LogP contribution in [-0.4, -0.2) is 22.5 Å². The first kappa shape index (κ1) is 13.3. The molecule has 0 fully saturated rings. The Hall–Kier alpha value is -1.69. The van der Waals surface area contributed by atoms with Crippen molar-refractivity contribution < 1.29 is 9.90 Å². The number of nitrogens with one attached hydrogen (secondary N) is 1. The molecule has 20 heavy (non-hydrogen) atoms. The van der Waals surface area contributed by atoms with Gasteiger partial charge in [-0.1, -0.05) is 6.92 Å². The van der Waals surface area contributed by atoms with E-state index in [1.807, 2.05) is 6.92 Å². The molecule has 1 N–H and O–H groups in total. The lowest BCUT2D eigenvalue weighted by atomic mass is 9.89. The maximum Gasteiger partial charge on any atom is 0.139 e. The molecule has 2 aromatic heterocycles. The summed E-state index contributed by atoms with van der Waals surface area (Å²) >= 11 is 1.71. The summed E-state index contributed by atoms with van der Waals surface area (Å²) in [6.45, 7) is 3.86. The van der Waals surface area contributed by atoms with Crippen LogP contribution in [0.15, 0.2) is 0 Å². The summed E-state index contributed by atoms with van der Waals surface area (Å²) in [6.07, 6.45) is 3.25. The van der Waals surface area contributed by atoms with Gasteiger partial charge in [-0.05, 0) is 37.7 Å². The van der Waals surface area contributed by atoms with E-state index in [0.717, 1.165) is 29.5 Å². The summed E-state index contributed by atoms with van der Waals surface area (Å²) in [5.74, 6) is 0.852. The summed E-state index contributed by atoms with van der Waals surface area (Å²) in [5, 5.41) is 14.5. The number of carbonyl (C=O) groups excluding carboxylic acids is 1. The number of aromatic nitrogens is 2. The fraction of sp³-hybridized carbons (Fsp3) is 0.500. The first-order valence-electron chi connectivity index (χ1n) is 6.77. The number of aliphatic carboxylic acids is 1. The highest BCUT2D eigenvalue weighted by Crippen LogP contribution is 2.39. The summed E-state index contributed by atoms with van der Waals surface area (Å²) in [7, 11) is 0. The van der Waals surface area contributed by atoms with Crippen LogP contribution in [0.2, 0.25) is 0 Å². The number of fused-ring (bicyclic) bond motifs is 3. The first-order chi connectivity index (χ1) is 9.54. The topological polar surface area (TPSA) is 77.9 Å². The van der Waals surface area contributed by atoms with Crippen molar-refractivity contribution in [3.05, 3.63) is 16.3 Å². The van der Waals surface area contributed by atoms with Gasteiger partial charge in [0, 0.05) is 4.88 Å². The van der Waals surface area contributed by atoms with Crippen LogP contribution < -0.4 is 10.4 Å². The molecule has 0 saturated heterocycles. The summed E-state index contributed by atoms with van der Waals surface area (Å²) in [5.41, 5.74) is 1.30. The lowest BCUT2D eigenvalue weighted by Gasteiger charge is -2.18. The van der Waals surface area contributed by atoms with Gasteiger partial charge < -0.3 is 15.2 Å². The SMILES string of the molecule is Cc1nc(NCC(=O)[O-])c2c3c(sc2n1)C[C@@H](C)CC3. The minimum atomic E-state index is -1.13. The van der Waals surface area contributed by atoms with Gasteiger partial charge in [0.25, 0.3) is 0 Å². The average Bonchev–Trinajstić information content (AvgIpc) is 2.72. The van der Waals surface area contributed by atoms with Gasteiger partial charge in [-0.15, -0.1) is 11.3 Å². The second-order valence-electron chi connectivity index (χ2n) is 5.38. The van der Waals surface area contributed by atoms with E-state index in [1.165, 1.54) is 10.4 Å². The predicted octanol–water partition coefficient (Wildman–Crippen LogP) is 1.29. The number of carbonyl (C=O) groups is 1. The summed E-state index contributed by atoms with van der Waals surface area (Å²) in [6, 6.07) is 0. The van der Waals surface area contributed by atoms with Gasteiger partial charge in [-0.3, -0.25) is 0 Å². The Labute approximate surface area is 121 Å². The van der Waals surface area contributed by atoms with Crippen LogP contribution in [0, 0.1) is 12.8 Å². The Kier molecular flexibility index (Phi) is 3.33. The van der Waals surface area contributed by atoms with E-state index in [2.05, 4.69) is 22.2 Å². The van der Waals surface area contributed by atoms with Gasteiger partial charge in [-0.25, -0.2) is 9.97 Å². The van der Waals surface area contributed by atoms with Gasteiger partial charge in [0.15, 0.2) is 0 Å². The van der Waals surface area contributed by atoms with E-state index >= 15 is 0 Å². The fourth-order valence-electron chi connectivity index (χ4n) is 2.73. The van der Waals surface area contributed by atoms with Crippen molar-refractivity contribution in [2.75, 3.05) is 11.9 Å². The molecular formula is C14H16N3O2S-. The van der Waals surface area contributed by atoms with Crippen LogP contribution >= 0.6 is 11.3 Å². The number of thiophene rings is 1. The van der Waals surface area contributed by atoms with Gasteiger partial charge in [0.05, 0.1) is 17.9 Å². The van der Waals surface area contributed by atoms with E-state index in [1.54, 1.807) is 11.3 Å². The Morgan fingerprint density at radius 2 is 2.30 bits per heavy atom. The molecular weight excluding hydrogens is 274 g/mol. The van der Waals surface area contributed by atoms with Crippen molar-refractivity contribution in [1.29, 1.82) is 0 Å². The monoisotopic (exact) mass is 290 g/mol. The van der Waals surface area contributed by atoms with Crippen molar-refractivity contribution in [2.24, 2.45) is 5.92 Å². The van der Waals surface area contributed by atoms with Crippen LogP contribution in [0.4, 0.5) is 5.82 Å². The van der Waals surface area contributed by atoms with E-state index in [-0.39, 0.29) is 6.54 Å². The molecule has 106 valence electrons. The largest absolute Gasteiger partial charge is 0.548 e. The minimum Gasteiger partial charge on any atom is -0.548 e. The molecule has 1 atom stereocenters. The Bertz CT molecular complexity index is 681. The van der Waals surface area contributed by atoms with Crippen molar-refractivity contribution in [1.82, 2.24) is 9.97 Å². The predicted molar refractivity (Wildman–Crippen MR) is 76.8 cm³/mol. The number of nitrogens with zero attached hydrogens (tertiary/aromatic N) is 2. The molecule has 5 nitrogen and oxygen atoms in total. The molecule has 6 heteroatoms. The highest BCUT2D eigenvalue weighted by Gasteiger charge is 2.23. The standard InChI is InChI=1S/C14H17N3O2S/c1-7-3-4-9-10(5-7)20-14-12(9)13(15-6-11(18)19)16-8(2)17-14/h7H,3-6H2,1-2H3,(H,18,19)(H,15,16,17)/p-1/t7-/m0/s1. The number of carboxylic acid groups (broad SMARTS) is 1. The van der Waals surface area contributed by atoms with Crippen LogP contribution in [-0.2, 0) is 17.6 Å². The highest BCUT2D eigenvalue weighted by atomic mass is 32.1. The quantitative estimate of drug-likeness (QED) is 0.921. The minimum absolute atomic E-state index is 0.230. The molecule has 2 aromatic rings. The van der Waals surface area contributed by atoms with E-state index in [9.17, 15) is 9.90 Å². The number of aryl methyl sites for hydroxylation is 2. The third kappa shape index (κ3) is 2.35. The van der Waals surface area contributed by atoms with Gasteiger partial charge in [0.1, 0.15) is 16.5 Å². The molecule has 0 aromatic carbocycles. The lowest BCUT2D eigenvalue weighted by Crippen LogP contribution is -2.30. The van der Waals surface area contributed by atoms with Crippen molar-refractivity contribution in [3.8, 4) is 0 Å². The van der Waals surface area contributed by atoms with Crippen molar-refractivity contribution in [2.45, 2.75) is 33.1 Å². The van der Waals surface area contributed by atoms with Crippen molar-refractivity contribution >= 4 is 33.3 Å². The van der Waals surface area contributed by atoms with Gasteiger partial charge in [-0.2, -0.15) is 0 Å². The molecule has 0 spiro atoms.